The Kier molecular flexibility index (Phi) is 4.61. The van der Waals surface area contributed by atoms with Crippen LogP contribution in [0.4, 0.5) is 0 Å². The van der Waals surface area contributed by atoms with Gasteiger partial charge in [-0.15, -0.1) is 0 Å². The Labute approximate surface area is 154 Å². The van der Waals surface area contributed by atoms with E-state index >= 15 is 0 Å². The minimum atomic E-state index is -0.383. The number of hydrogen-bond donors (Lipinski definition) is 0. The molecule has 0 fully saturated rings. The summed E-state index contributed by atoms with van der Waals surface area (Å²) in [6.07, 6.45) is 1.96. The van der Waals surface area contributed by atoms with E-state index < -0.39 is 0 Å². The predicted molar refractivity (Wildman–Crippen MR) is 103 cm³/mol. The van der Waals surface area contributed by atoms with E-state index in [0.717, 1.165) is 21.5 Å². The number of aryl methyl sites for hydroxylation is 1. The van der Waals surface area contributed by atoms with E-state index in [2.05, 4.69) is 30.3 Å². The molecule has 4 heteroatoms. The second-order valence-electron chi connectivity index (χ2n) is 6.97. The van der Waals surface area contributed by atoms with E-state index in [4.69, 9.17) is 11.6 Å². The Balaban J connectivity index is 2.03. The molecule has 0 atom stereocenters. The first-order valence-corrected chi connectivity index (χ1v) is 9.92. The first kappa shape index (κ1) is 17.3. The van der Waals surface area contributed by atoms with Crippen molar-refractivity contribution in [2.24, 2.45) is 12.5 Å². The molecule has 1 heterocycles. The van der Waals surface area contributed by atoms with Gasteiger partial charge >= 0.3 is 154 Å². The summed E-state index contributed by atoms with van der Waals surface area (Å²) < 4.78 is 4.56. The number of carbonyl (C=O) groups excluding carboxylic acids is 1. The minimum absolute atomic E-state index is 0.184. The molecule has 0 radical (unpaired) electrons. The van der Waals surface area contributed by atoms with Crippen molar-refractivity contribution < 1.29 is 4.79 Å². The Morgan fingerprint density at radius 3 is 2.29 bits per heavy atom. The molecule has 2 aromatic carbocycles. The van der Waals surface area contributed by atoms with Gasteiger partial charge in [0.05, 0.1) is 0 Å². The fourth-order valence-corrected chi connectivity index (χ4v) is 4.58. The third-order valence-electron chi connectivity index (χ3n) is 3.94. The van der Waals surface area contributed by atoms with Crippen molar-refractivity contribution in [1.82, 2.24) is 4.57 Å². The van der Waals surface area contributed by atoms with Crippen molar-refractivity contribution in [3.63, 3.8) is 0 Å². The average molecular weight is 405 g/mol. The van der Waals surface area contributed by atoms with Crippen molar-refractivity contribution in [1.29, 1.82) is 0 Å². The van der Waals surface area contributed by atoms with Crippen molar-refractivity contribution >= 4 is 52.2 Å². The van der Waals surface area contributed by atoms with Crippen LogP contribution in [0.2, 0.25) is 5.02 Å². The van der Waals surface area contributed by atoms with Gasteiger partial charge in [0.1, 0.15) is 0 Å². The Hall–Kier alpha value is -1.54. The third-order valence-corrected chi connectivity index (χ3v) is 6.28. The van der Waals surface area contributed by atoms with Crippen LogP contribution in [0, 0.1) is 5.41 Å². The van der Waals surface area contributed by atoms with Gasteiger partial charge in [-0.1, -0.05) is 0 Å². The predicted octanol–water partition coefficient (Wildman–Crippen LogP) is 3.72. The second-order valence-corrected chi connectivity index (χ2v) is 9.81. The standard InChI is InChI=1S/C20H20ClNOSe/c1-20(2,3)19(23)17-12-22(4)18-10-9-15(11-16(17)18)24-14-7-5-13(21)6-8-14/h5-12H,1-4H3. The zero-order chi connectivity index (χ0) is 17.5. The maximum atomic E-state index is 12.8. The normalized spacial score (nSPS) is 11.9. The zero-order valence-corrected chi connectivity index (χ0v) is 16.7. The zero-order valence-electron chi connectivity index (χ0n) is 14.3. The SMILES string of the molecule is Cn1cc(C(=O)C(C)(C)C)c2cc([Se]c3ccc(Cl)cc3)ccc21. The topological polar surface area (TPSA) is 22.0 Å². The molecular formula is C20H20ClNOSe. The molecule has 0 saturated carbocycles. The summed E-state index contributed by atoms with van der Waals surface area (Å²) in [5, 5.41) is 1.80. The number of halogens is 1. The first-order valence-electron chi connectivity index (χ1n) is 7.83. The number of hydrogen-bond acceptors (Lipinski definition) is 1. The molecule has 0 bridgehead atoms. The number of fused-ring (bicyclic) bond motifs is 1. The van der Waals surface area contributed by atoms with Crippen LogP contribution in [-0.2, 0) is 7.05 Å². The van der Waals surface area contributed by atoms with Gasteiger partial charge in [-0.2, -0.15) is 0 Å². The molecule has 124 valence electrons. The van der Waals surface area contributed by atoms with Gasteiger partial charge in [0.2, 0.25) is 0 Å². The summed E-state index contributed by atoms with van der Waals surface area (Å²) in [5.41, 5.74) is 1.53. The third kappa shape index (κ3) is 3.44. The molecule has 24 heavy (non-hydrogen) atoms. The van der Waals surface area contributed by atoms with Crippen LogP contribution in [0.25, 0.3) is 10.9 Å². The molecule has 0 spiro atoms. The number of benzene rings is 2. The van der Waals surface area contributed by atoms with E-state index in [1.165, 1.54) is 8.92 Å². The molecule has 1 aromatic heterocycles. The molecule has 0 saturated heterocycles. The molecule has 2 nitrogen and oxygen atoms in total. The van der Waals surface area contributed by atoms with E-state index in [9.17, 15) is 4.79 Å². The fourth-order valence-electron chi connectivity index (χ4n) is 2.66. The van der Waals surface area contributed by atoms with Crippen molar-refractivity contribution in [3.8, 4) is 0 Å². The molecule has 3 rings (SSSR count). The summed E-state index contributed by atoms with van der Waals surface area (Å²) in [6.45, 7) is 5.90. The van der Waals surface area contributed by atoms with Crippen LogP contribution >= 0.6 is 11.6 Å². The molecule has 0 aliphatic heterocycles. The summed E-state index contributed by atoms with van der Waals surface area (Å²) in [5.74, 6) is 0.184. The van der Waals surface area contributed by atoms with Gasteiger partial charge in [-0.3, -0.25) is 0 Å². The van der Waals surface area contributed by atoms with Gasteiger partial charge in [0.15, 0.2) is 0 Å². The average Bonchev–Trinajstić information content (AvgIpc) is 2.84. The van der Waals surface area contributed by atoms with Crippen LogP contribution in [0.5, 0.6) is 0 Å². The van der Waals surface area contributed by atoms with E-state index in [1.54, 1.807) is 0 Å². The number of carbonyl (C=O) groups is 1. The number of rotatable bonds is 3. The molecule has 0 N–H and O–H groups in total. The monoisotopic (exact) mass is 405 g/mol. The summed E-state index contributed by atoms with van der Waals surface area (Å²) in [4.78, 5) is 12.8. The van der Waals surface area contributed by atoms with Crippen molar-refractivity contribution in [2.75, 3.05) is 0 Å². The number of ketones is 1. The quantitative estimate of drug-likeness (QED) is 0.482. The van der Waals surface area contributed by atoms with E-state index in [0.29, 0.717) is 0 Å². The van der Waals surface area contributed by atoms with Crippen LogP contribution in [-0.4, -0.2) is 25.3 Å². The van der Waals surface area contributed by atoms with Gasteiger partial charge in [0, 0.05) is 0 Å². The first-order chi connectivity index (χ1) is 11.3. The van der Waals surface area contributed by atoms with Gasteiger partial charge in [-0.25, -0.2) is 0 Å². The molecular weight excluding hydrogens is 385 g/mol. The summed E-state index contributed by atoms with van der Waals surface area (Å²) in [6, 6.07) is 14.4. The summed E-state index contributed by atoms with van der Waals surface area (Å²) in [7, 11) is 1.99. The van der Waals surface area contributed by atoms with Crippen molar-refractivity contribution in [2.45, 2.75) is 20.8 Å². The number of aromatic nitrogens is 1. The second kappa shape index (κ2) is 6.40. The van der Waals surface area contributed by atoms with Crippen LogP contribution in [0.1, 0.15) is 31.1 Å². The van der Waals surface area contributed by atoms with Crippen LogP contribution in [0.15, 0.2) is 48.7 Å². The maximum absolute atomic E-state index is 12.8. The van der Waals surface area contributed by atoms with Crippen molar-refractivity contribution in [3.05, 3.63) is 59.2 Å². The van der Waals surface area contributed by atoms with E-state index in [-0.39, 0.29) is 26.2 Å². The van der Waals surface area contributed by atoms with Gasteiger partial charge in [-0.05, 0) is 0 Å². The van der Waals surface area contributed by atoms with E-state index in [1.807, 2.05) is 50.7 Å². The molecule has 0 aliphatic rings. The molecule has 0 aliphatic carbocycles. The Morgan fingerprint density at radius 2 is 1.67 bits per heavy atom. The van der Waals surface area contributed by atoms with Crippen LogP contribution in [0.3, 0.4) is 0 Å². The molecule has 0 amide bonds. The Bertz CT molecular complexity index is 904. The molecule has 3 aromatic rings. The number of Topliss-reactive ketones (excluding diaryl/α,β-unsaturated/α-hetero) is 1. The molecule has 0 unspecified atom stereocenters. The van der Waals surface area contributed by atoms with Gasteiger partial charge in [0.25, 0.3) is 0 Å². The fraction of sp³-hybridized carbons (Fsp3) is 0.250. The van der Waals surface area contributed by atoms with Crippen LogP contribution < -0.4 is 8.92 Å². The number of nitrogens with zero attached hydrogens (tertiary/aromatic N) is 1. The Morgan fingerprint density at radius 1 is 1.04 bits per heavy atom. The summed E-state index contributed by atoms with van der Waals surface area (Å²) >= 11 is 6.15. The van der Waals surface area contributed by atoms with Gasteiger partial charge < -0.3 is 0 Å².